The van der Waals surface area contributed by atoms with Crippen molar-refractivity contribution in [3.8, 4) is 0 Å². The zero-order valence-electron chi connectivity index (χ0n) is 22.2. The van der Waals surface area contributed by atoms with Crippen molar-refractivity contribution < 1.29 is 22.7 Å². The van der Waals surface area contributed by atoms with Gasteiger partial charge in [0, 0.05) is 49.6 Å². The number of halogens is 3. The highest BCUT2D eigenvalue weighted by atomic mass is 19.3. The van der Waals surface area contributed by atoms with Crippen molar-refractivity contribution in [3.05, 3.63) is 63.3 Å². The van der Waals surface area contributed by atoms with Gasteiger partial charge < -0.3 is 24.8 Å². The summed E-state index contributed by atoms with van der Waals surface area (Å²) in [5.41, 5.74) is 5.04. The van der Waals surface area contributed by atoms with E-state index in [1.54, 1.807) is 11.5 Å². The van der Waals surface area contributed by atoms with Crippen LogP contribution in [0, 0.1) is 17.7 Å². The number of anilines is 1. The van der Waals surface area contributed by atoms with Gasteiger partial charge in [0.05, 0.1) is 28.5 Å². The molecular formula is C28H35F3N4O3. The Bertz CT molecular complexity index is 1280. The number of carbonyl (C=O) groups excluding carboxylic acids is 1. The first kappa shape index (κ1) is 26.7. The number of fused-ring (bicyclic) bond motifs is 1. The Labute approximate surface area is 220 Å². The van der Waals surface area contributed by atoms with E-state index in [4.69, 9.17) is 10.5 Å². The van der Waals surface area contributed by atoms with Crippen LogP contribution in [0.25, 0.3) is 0 Å². The number of pyridine rings is 1. The van der Waals surface area contributed by atoms with Crippen molar-refractivity contribution in [2.75, 3.05) is 31.6 Å². The molecule has 4 atom stereocenters. The molecular weight excluding hydrogens is 497 g/mol. The van der Waals surface area contributed by atoms with E-state index in [0.717, 1.165) is 19.2 Å². The fraction of sp³-hybridized carbons (Fsp3) is 0.571. The van der Waals surface area contributed by atoms with Crippen LogP contribution in [0.2, 0.25) is 0 Å². The van der Waals surface area contributed by atoms with E-state index in [-0.39, 0.29) is 40.6 Å². The number of benzene rings is 1. The van der Waals surface area contributed by atoms with Gasteiger partial charge in [0.25, 0.3) is 17.9 Å². The molecule has 3 heterocycles. The lowest BCUT2D eigenvalue weighted by Crippen LogP contribution is -2.41. The van der Waals surface area contributed by atoms with Crippen LogP contribution in [-0.2, 0) is 4.74 Å². The molecule has 206 valence electrons. The Morgan fingerprint density at radius 1 is 1.21 bits per heavy atom. The number of rotatable bonds is 7. The number of nitrogens with zero attached hydrogens (tertiary/aromatic N) is 3. The molecule has 0 radical (unpaired) electrons. The molecule has 38 heavy (non-hydrogen) atoms. The first-order valence-electron chi connectivity index (χ1n) is 13.1. The van der Waals surface area contributed by atoms with Gasteiger partial charge >= 0.3 is 0 Å². The van der Waals surface area contributed by atoms with E-state index in [1.807, 2.05) is 25.8 Å². The summed E-state index contributed by atoms with van der Waals surface area (Å²) in [6, 6.07) is 4.42. The van der Waals surface area contributed by atoms with Gasteiger partial charge in [-0.1, -0.05) is 18.2 Å². The second-order valence-electron chi connectivity index (χ2n) is 11.6. The SMILES string of the molecule is C[C@H](c1cccc(C(F)F)c1F)N(c1cc(=O)n([C@H]2CCOC(C)(C)C2)cc1C(N)=O)C1C2CN(C)CC21. The van der Waals surface area contributed by atoms with Crippen LogP contribution in [0.3, 0.4) is 0 Å². The summed E-state index contributed by atoms with van der Waals surface area (Å²) in [7, 11) is 2.02. The maximum absolute atomic E-state index is 15.3. The minimum absolute atomic E-state index is 0.0776. The predicted octanol–water partition coefficient (Wildman–Crippen LogP) is 4.28. The van der Waals surface area contributed by atoms with Gasteiger partial charge in [-0.15, -0.1) is 0 Å². The number of ether oxygens (including phenoxy) is 1. The van der Waals surface area contributed by atoms with Crippen LogP contribution >= 0.6 is 0 Å². The molecule has 2 unspecified atom stereocenters. The fourth-order valence-corrected chi connectivity index (χ4v) is 6.62. The van der Waals surface area contributed by atoms with Crippen molar-refractivity contribution in [2.24, 2.45) is 17.6 Å². The molecule has 1 saturated carbocycles. The molecule has 0 spiro atoms. The maximum Gasteiger partial charge on any atom is 0.266 e. The summed E-state index contributed by atoms with van der Waals surface area (Å²) >= 11 is 0. The van der Waals surface area contributed by atoms with E-state index in [9.17, 15) is 18.4 Å². The van der Waals surface area contributed by atoms with Crippen LogP contribution in [0.1, 0.15) is 73.6 Å². The normalized spacial score (nSPS) is 27.3. The molecule has 2 aromatic rings. The largest absolute Gasteiger partial charge is 0.375 e. The number of aromatic nitrogens is 1. The molecule has 2 N–H and O–H groups in total. The summed E-state index contributed by atoms with van der Waals surface area (Å²) in [4.78, 5) is 30.4. The molecule has 1 aliphatic carbocycles. The number of piperidine rings is 1. The Balaban J connectivity index is 1.61. The van der Waals surface area contributed by atoms with Crippen LogP contribution < -0.4 is 16.2 Å². The molecule has 2 aliphatic heterocycles. The van der Waals surface area contributed by atoms with Crippen molar-refractivity contribution >= 4 is 11.6 Å². The van der Waals surface area contributed by atoms with Gasteiger partial charge in [0.15, 0.2) is 0 Å². The fourth-order valence-electron chi connectivity index (χ4n) is 6.62. The van der Waals surface area contributed by atoms with Gasteiger partial charge in [0.2, 0.25) is 0 Å². The third-order valence-electron chi connectivity index (χ3n) is 8.48. The van der Waals surface area contributed by atoms with Gasteiger partial charge in [-0.2, -0.15) is 0 Å². The summed E-state index contributed by atoms with van der Waals surface area (Å²) in [5.74, 6) is -1.17. The smallest absolute Gasteiger partial charge is 0.266 e. The lowest BCUT2D eigenvalue weighted by Gasteiger charge is -2.38. The lowest BCUT2D eigenvalue weighted by molar-refractivity contribution is -0.0695. The number of hydrogen-bond donors (Lipinski definition) is 1. The highest BCUT2D eigenvalue weighted by molar-refractivity contribution is 5.98. The molecule has 0 bridgehead atoms. The zero-order chi connectivity index (χ0) is 27.5. The Morgan fingerprint density at radius 2 is 1.87 bits per heavy atom. The standard InChI is InChI=1S/C28H35F3N4O3/c1-15(17-6-5-7-18(24(17)29)26(30)31)35(25-19-12-33(4)13-20(19)25)22-10-23(36)34(14-21(22)27(32)37)16-8-9-38-28(2,3)11-16/h5-7,10,14-16,19-20,25-26H,8-9,11-13H2,1-4H3,(H2,32,37)/t15-,16+,19?,20?,25?/m1/s1. The van der Waals surface area contributed by atoms with Gasteiger partial charge in [-0.25, -0.2) is 13.2 Å². The minimum atomic E-state index is -2.96. The van der Waals surface area contributed by atoms with Gasteiger partial charge in [0.1, 0.15) is 5.82 Å². The third-order valence-corrected chi connectivity index (χ3v) is 8.48. The second-order valence-corrected chi connectivity index (χ2v) is 11.6. The van der Waals surface area contributed by atoms with Crippen LogP contribution in [0.5, 0.6) is 0 Å². The topological polar surface area (TPSA) is 80.8 Å². The summed E-state index contributed by atoms with van der Waals surface area (Å²) < 4.78 is 49.7. The number of primary amides is 1. The number of hydrogen-bond acceptors (Lipinski definition) is 5. The average Bonchev–Trinajstić information content (AvgIpc) is 3.31. The first-order valence-corrected chi connectivity index (χ1v) is 13.1. The average molecular weight is 533 g/mol. The molecule has 3 aliphatic rings. The summed E-state index contributed by atoms with van der Waals surface area (Å²) in [5, 5.41) is 0. The van der Waals surface area contributed by atoms with Crippen molar-refractivity contribution in [2.45, 2.75) is 63.8 Å². The third kappa shape index (κ3) is 4.73. The number of alkyl halides is 2. The van der Waals surface area contributed by atoms with E-state index in [0.29, 0.717) is 25.1 Å². The number of likely N-dealkylation sites (tertiary alicyclic amines) is 1. The molecule has 5 rings (SSSR count). The highest BCUT2D eigenvalue weighted by Crippen LogP contribution is 2.53. The van der Waals surface area contributed by atoms with Gasteiger partial charge in [-0.3, -0.25) is 9.59 Å². The van der Waals surface area contributed by atoms with E-state index >= 15 is 4.39 Å². The summed E-state index contributed by atoms with van der Waals surface area (Å²) in [6.45, 7) is 7.77. The first-order chi connectivity index (χ1) is 17.9. The number of nitrogens with two attached hydrogens (primary N) is 1. The number of amides is 1. The van der Waals surface area contributed by atoms with E-state index in [1.165, 1.54) is 24.4 Å². The molecule has 1 aromatic carbocycles. The zero-order valence-corrected chi connectivity index (χ0v) is 22.2. The number of carbonyl (C=O) groups is 1. The second kappa shape index (κ2) is 9.72. The van der Waals surface area contributed by atoms with E-state index in [2.05, 4.69) is 4.90 Å². The van der Waals surface area contributed by atoms with Gasteiger partial charge in [-0.05, 0) is 52.5 Å². The molecule has 1 aromatic heterocycles. The molecule has 7 nitrogen and oxygen atoms in total. The molecule has 2 saturated heterocycles. The Kier molecular flexibility index (Phi) is 6.84. The van der Waals surface area contributed by atoms with Crippen LogP contribution in [-0.4, -0.2) is 53.8 Å². The summed E-state index contributed by atoms with van der Waals surface area (Å²) in [6.07, 6.45) is -0.235. The van der Waals surface area contributed by atoms with Crippen molar-refractivity contribution in [1.82, 2.24) is 9.47 Å². The lowest BCUT2D eigenvalue weighted by atomic mass is 9.93. The maximum atomic E-state index is 15.3. The van der Waals surface area contributed by atoms with Crippen molar-refractivity contribution in [1.29, 1.82) is 0 Å². The highest BCUT2D eigenvalue weighted by Gasteiger charge is 2.59. The van der Waals surface area contributed by atoms with Crippen LogP contribution in [0.4, 0.5) is 18.9 Å². The minimum Gasteiger partial charge on any atom is -0.375 e. The predicted molar refractivity (Wildman–Crippen MR) is 138 cm³/mol. The van der Waals surface area contributed by atoms with Crippen molar-refractivity contribution in [3.63, 3.8) is 0 Å². The van der Waals surface area contributed by atoms with E-state index < -0.39 is 35.4 Å². The Hall–Kier alpha value is -2.85. The monoisotopic (exact) mass is 532 g/mol. The Morgan fingerprint density at radius 3 is 2.47 bits per heavy atom. The molecule has 1 amide bonds. The molecule has 3 fully saturated rings. The molecule has 10 heteroatoms. The van der Waals surface area contributed by atoms with Crippen LogP contribution in [0.15, 0.2) is 35.3 Å². The quantitative estimate of drug-likeness (QED) is 0.576.